The monoisotopic (exact) mass is 550 g/mol. The topological polar surface area (TPSA) is 100 Å². The lowest BCUT2D eigenvalue weighted by Crippen LogP contribution is -2.51. The second kappa shape index (κ2) is 12.2. The van der Waals surface area contributed by atoms with Crippen LogP contribution in [0, 0.1) is 5.92 Å². The number of rotatable bonds is 5. The summed E-state index contributed by atoms with van der Waals surface area (Å²) < 4.78 is 10.9. The second-order valence-corrected chi connectivity index (χ2v) is 11.8. The fraction of sp³-hybridized carbons (Fsp3) is 0.516. The third-order valence-corrected chi connectivity index (χ3v) is 7.71. The Morgan fingerprint density at radius 1 is 0.950 bits per heavy atom. The van der Waals surface area contributed by atoms with E-state index in [1.807, 2.05) is 82.0 Å². The van der Waals surface area contributed by atoms with E-state index in [0.29, 0.717) is 0 Å². The zero-order chi connectivity index (χ0) is 29.0. The van der Waals surface area contributed by atoms with Crippen molar-refractivity contribution in [3.63, 3.8) is 0 Å². The van der Waals surface area contributed by atoms with Gasteiger partial charge in [-0.2, -0.15) is 0 Å². The van der Waals surface area contributed by atoms with E-state index in [9.17, 15) is 14.4 Å². The number of anilines is 2. The molecular formula is C31H42N4O5. The zero-order valence-electron chi connectivity index (χ0n) is 24.4. The summed E-state index contributed by atoms with van der Waals surface area (Å²) >= 11 is 0. The quantitative estimate of drug-likeness (QED) is 0.507. The number of benzene rings is 2. The predicted molar refractivity (Wildman–Crippen MR) is 155 cm³/mol. The van der Waals surface area contributed by atoms with Gasteiger partial charge in [0.05, 0.1) is 6.04 Å². The van der Waals surface area contributed by atoms with Crippen molar-refractivity contribution in [2.24, 2.45) is 5.92 Å². The molecular weight excluding hydrogens is 508 g/mol. The van der Waals surface area contributed by atoms with Crippen molar-refractivity contribution in [3.05, 3.63) is 59.7 Å². The largest absolute Gasteiger partial charge is 0.445 e. The van der Waals surface area contributed by atoms with Crippen LogP contribution >= 0.6 is 0 Å². The number of alkyl carbamates (subject to hydrolysis) is 2. The fourth-order valence-corrected chi connectivity index (χ4v) is 5.54. The first kappa shape index (κ1) is 29.2. The van der Waals surface area contributed by atoms with Gasteiger partial charge in [0.2, 0.25) is 5.91 Å². The Bertz CT molecular complexity index is 1200. The number of ether oxygens (including phenoxy) is 2. The number of hydrogen-bond acceptors (Lipinski definition) is 6. The number of piperidine rings is 1. The Hall–Kier alpha value is -3.75. The third-order valence-electron chi connectivity index (χ3n) is 7.71. The molecule has 2 N–H and O–H groups in total. The molecule has 9 nitrogen and oxygen atoms in total. The van der Waals surface area contributed by atoms with Gasteiger partial charge in [-0.25, -0.2) is 9.59 Å². The molecule has 2 aliphatic rings. The average Bonchev–Trinajstić information content (AvgIpc) is 2.89. The summed E-state index contributed by atoms with van der Waals surface area (Å²) in [4.78, 5) is 41.9. The summed E-state index contributed by atoms with van der Waals surface area (Å²) in [6, 6.07) is 15.3. The minimum atomic E-state index is -0.533. The highest BCUT2D eigenvalue weighted by atomic mass is 16.6. The third kappa shape index (κ3) is 7.06. The van der Waals surface area contributed by atoms with Crippen LogP contribution in [0.5, 0.6) is 0 Å². The minimum Gasteiger partial charge on any atom is -0.445 e. The molecule has 3 atom stereocenters. The van der Waals surface area contributed by atoms with Gasteiger partial charge >= 0.3 is 12.2 Å². The maximum atomic E-state index is 12.9. The van der Waals surface area contributed by atoms with E-state index in [0.717, 1.165) is 48.4 Å². The van der Waals surface area contributed by atoms with Crippen molar-refractivity contribution in [3.8, 4) is 0 Å². The van der Waals surface area contributed by atoms with Crippen molar-refractivity contribution in [1.82, 2.24) is 10.6 Å². The lowest BCUT2D eigenvalue weighted by molar-refractivity contribution is -0.117. The first-order chi connectivity index (χ1) is 18.9. The molecule has 0 aromatic heterocycles. The fourth-order valence-electron chi connectivity index (χ4n) is 5.54. The SMILES string of the molecule is CC(=O)N1c2ccc(N3CCC(NC(=O)OC(C)(C)C)CC3)cc2C(NC(=O)OCc2ccccc2)[C@@H](C)[C@@H]1C. The molecule has 3 amide bonds. The smallest absolute Gasteiger partial charge is 0.407 e. The first-order valence-electron chi connectivity index (χ1n) is 14.1. The zero-order valence-corrected chi connectivity index (χ0v) is 24.4. The second-order valence-electron chi connectivity index (χ2n) is 11.8. The van der Waals surface area contributed by atoms with Crippen molar-refractivity contribution in [1.29, 1.82) is 0 Å². The lowest BCUT2D eigenvalue weighted by Gasteiger charge is -2.44. The average molecular weight is 551 g/mol. The van der Waals surface area contributed by atoms with Crippen LogP contribution in [-0.2, 0) is 20.9 Å². The lowest BCUT2D eigenvalue weighted by atomic mass is 9.82. The van der Waals surface area contributed by atoms with Crippen LogP contribution in [-0.4, -0.2) is 48.9 Å². The van der Waals surface area contributed by atoms with Crippen molar-refractivity contribution in [2.45, 2.75) is 84.7 Å². The number of nitrogens with one attached hydrogen (secondary N) is 2. The summed E-state index contributed by atoms with van der Waals surface area (Å²) in [5.41, 5.74) is 3.09. The summed E-state index contributed by atoms with van der Waals surface area (Å²) in [5.74, 6) is -0.0767. The van der Waals surface area contributed by atoms with Crippen LogP contribution in [0.25, 0.3) is 0 Å². The molecule has 0 spiro atoms. The molecule has 1 fully saturated rings. The van der Waals surface area contributed by atoms with E-state index in [4.69, 9.17) is 9.47 Å². The van der Waals surface area contributed by atoms with Gasteiger partial charge < -0.3 is 29.9 Å². The molecule has 0 aliphatic carbocycles. The molecule has 2 aromatic carbocycles. The molecule has 0 bridgehead atoms. The standard InChI is InChI=1S/C31H42N4O5/c1-20-21(2)35(22(3)36)27-13-12-25(34-16-14-24(15-17-34)32-30(38)40-31(4,5)6)18-26(27)28(20)33-29(37)39-19-23-10-8-7-9-11-23/h7-13,18,20-21,24,28H,14-17,19H2,1-6H3,(H,32,38)(H,33,37)/t20-,21-,28?/m0/s1. The first-order valence-corrected chi connectivity index (χ1v) is 14.1. The van der Waals surface area contributed by atoms with Gasteiger partial charge in [0, 0.05) is 55.0 Å². The van der Waals surface area contributed by atoms with E-state index in [-0.39, 0.29) is 42.7 Å². The molecule has 2 aromatic rings. The van der Waals surface area contributed by atoms with Gasteiger partial charge in [0.15, 0.2) is 0 Å². The van der Waals surface area contributed by atoms with Crippen molar-refractivity contribution < 1.29 is 23.9 Å². The Labute approximate surface area is 237 Å². The van der Waals surface area contributed by atoms with Gasteiger partial charge in [-0.1, -0.05) is 37.3 Å². The van der Waals surface area contributed by atoms with Crippen molar-refractivity contribution in [2.75, 3.05) is 22.9 Å². The van der Waals surface area contributed by atoms with Gasteiger partial charge in [-0.05, 0) is 64.3 Å². The number of hydrogen-bond donors (Lipinski definition) is 2. The van der Waals surface area contributed by atoms with Crippen LogP contribution in [0.2, 0.25) is 0 Å². The van der Waals surface area contributed by atoms with Crippen LogP contribution in [0.3, 0.4) is 0 Å². The Morgan fingerprint density at radius 3 is 2.25 bits per heavy atom. The Kier molecular flexibility index (Phi) is 8.91. The highest BCUT2D eigenvalue weighted by Crippen LogP contribution is 2.42. The number of carbonyl (C=O) groups excluding carboxylic acids is 3. The molecule has 2 aliphatic heterocycles. The van der Waals surface area contributed by atoms with E-state index in [1.165, 1.54) is 0 Å². The molecule has 0 saturated carbocycles. The minimum absolute atomic E-state index is 0.0347. The summed E-state index contributed by atoms with van der Waals surface area (Å²) in [5, 5.41) is 6.07. The molecule has 1 unspecified atom stereocenters. The molecule has 9 heteroatoms. The van der Waals surface area contributed by atoms with Gasteiger partial charge in [0.1, 0.15) is 12.2 Å². The molecule has 40 heavy (non-hydrogen) atoms. The van der Waals surface area contributed by atoms with Crippen LogP contribution in [0.15, 0.2) is 48.5 Å². The van der Waals surface area contributed by atoms with E-state index in [2.05, 4.69) is 21.6 Å². The maximum absolute atomic E-state index is 12.9. The van der Waals surface area contributed by atoms with Crippen LogP contribution in [0.1, 0.15) is 71.6 Å². The van der Waals surface area contributed by atoms with Gasteiger partial charge in [-0.15, -0.1) is 0 Å². The highest BCUT2D eigenvalue weighted by molar-refractivity contribution is 5.94. The van der Waals surface area contributed by atoms with Gasteiger partial charge in [-0.3, -0.25) is 4.79 Å². The van der Waals surface area contributed by atoms with Gasteiger partial charge in [0.25, 0.3) is 0 Å². The predicted octanol–water partition coefficient (Wildman–Crippen LogP) is 5.54. The molecule has 0 radical (unpaired) electrons. The highest BCUT2D eigenvalue weighted by Gasteiger charge is 2.39. The number of nitrogens with zero attached hydrogens (tertiary/aromatic N) is 2. The van der Waals surface area contributed by atoms with Crippen LogP contribution < -0.4 is 20.4 Å². The van der Waals surface area contributed by atoms with Crippen molar-refractivity contribution >= 4 is 29.5 Å². The maximum Gasteiger partial charge on any atom is 0.407 e. The normalized spacial score (nSPS) is 21.3. The molecule has 216 valence electrons. The molecule has 2 heterocycles. The van der Waals surface area contributed by atoms with E-state index < -0.39 is 11.7 Å². The number of fused-ring (bicyclic) bond motifs is 1. The van der Waals surface area contributed by atoms with E-state index in [1.54, 1.807) is 6.92 Å². The summed E-state index contributed by atoms with van der Waals surface area (Å²) in [6.07, 6.45) is 0.697. The summed E-state index contributed by atoms with van der Waals surface area (Å²) in [6.45, 7) is 12.9. The van der Waals surface area contributed by atoms with Crippen LogP contribution in [0.4, 0.5) is 21.0 Å². The molecule has 4 rings (SSSR count). The summed E-state index contributed by atoms with van der Waals surface area (Å²) in [7, 11) is 0. The Morgan fingerprint density at radius 2 is 1.62 bits per heavy atom. The molecule has 1 saturated heterocycles. The Balaban J connectivity index is 1.49. The number of amides is 3. The van der Waals surface area contributed by atoms with E-state index >= 15 is 0 Å². The number of carbonyl (C=O) groups is 3.